The summed E-state index contributed by atoms with van der Waals surface area (Å²) < 4.78 is 45.6. The molecular formula is C58H111O8P3. The lowest BCUT2D eigenvalue weighted by atomic mass is 9.79. The standard InChI is InChI=1S/C41H46O6P2.C17H29O2P.18H2/c1-3-5-7-9-11-13-15-17-19-21-23-25-27-29-31-33-35-42-48-44-37-41(38-45-48)39-46-49(47-40-41)43-36-34-32-30-28-26-24-22-20-18-16-14-12-10-8-6-4-2;1-9-18-20-19-15-12(2)10-13(16(3,4)5)11-14(15)17(6,7)8;;;;;;;;;;;;;;;;;;/h1H,4,6,8,10,12,14,16,18,20,22,24,26,28,30,32,34,36-40H2,2H3;10-11,20H,9H2,1-8H3;18*1H. The molecular weight excluding hydrogens is 918 g/mol. The quantitative estimate of drug-likeness (QED) is 0.0610. The zero-order chi connectivity index (χ0) is 50.3. The Morgan fingerprint density at radius 1 is 0.580 bits per heavy atom. The van der Waals surface area contributed by atoms with E-state index in [0.717, 1.165) is 12.2 Å². The highest BCUT2D eigenvalue weighted by molar-refractivity contribution is 7.42. The third-order valence-electron chi connectivity index (χ3n) is 10.5. The first-order valence-electron chi connectivity index (χ1n) is 24.4. The van der Waals surface area contributed by atoms with E-state index in [1.165, 1.54) is 113 Å². The van der Waals surface area contributed by atoms with Crippen molar-refractivity contribution in [2.45, 2.75) is 176 Å². The summed E-state index contributed by atoms with van der Waals surface area (Å²) >= 11 is 0. The minimum absolute atomic E-state index is 0. The highest BCUT2D eigenvalue weighted by Crippen LogP contribution is 2.53. The zero-order valence-corrected chi connectivity index (χ0v) is 45.7. The molecule has 8 nitrogen and oxygen atoms in total. The van der Waals surface area contributed by atoms with E-state index < -0.39 is 17.2 Å². The average Bonchev–Trinajstić information content (AvgIpc) is 3.32. The van der Waals surface area contributed by atoms with Crippen molar-refractivity contribution in [2.24, 2.45) is 5.41 Å². The van der Waals surface area contributed by atoms with Crippen molar-refractivity contribution in [3.63, 3.8) is 0 Å². The molecule has 2 heterocycles. The van der Waals surface area contributed by atoms with E-state index in [1.54, 1.807) is 0 Å². The summed E-state index contributed by atoms with van der Waals surface area (Å²) in [7, 11) is -2.85. The molecule has 2 fully saturated rings. The van der Waals surface area contributed by atoms with Gasteiger partial charge in [-0.2, -0.15) is 0 Å². The normalized spacial score (nSPS) is 16.8. The van der Waals surface area contributed by atoms with Crippen LogP contribution in [0.25, 0.3) is 0 Å². The van der Waals surface area contributed by atoms with Crippen molar-refractivity contribution >= 4 is 26.2 Å². The molecule has 1 spiro atoms. The Morgan fingerprint density at radius 2 is 1.00 bits per heavy atom. The first kappa shape index (κ1) is 61.0. The number of rotatable bonds is 23. The average molecular weight is 1030 g/mol. The van der Waals surface area contributed by atoms with Gasteiger partial charge >= 0.3 is 17.2 Å². The summed E-state index contributed by atoms with van der Waals surface area (Å²) in [5, 5.41) is 0. The lowest BCUT2D eigenvalue weighted by Crippen LogP contribution is -2.44. The second-order valence-electron chi connectivity index (χ2n) is 18.7. The molecule has 2 saturated heterocycles. The van der Waals surface area contributed by atoms with Crippen LogP contribution in [0.4, 0.5) is 0 Å². The largest absolute Gasteiger partial charge is 0.449 e. The fraction of sp³-hybridized carbons (Fsp3) is 0.586. The van der Waals surface area contributed by atoms with Gasteiger partial charge in [0.1, 0.15) is 11.9 Å². The highest BCUT2D eigenvalue weighted by Gasteiger charge is 2.44. The van der Waals surface area contributed by atoms with Crippen molar-refractivity contribution in [1.29, 1.82) is 0 Å². The Labute approximate surface area is 450 Å². The predicted molar refractivity (Wildman–Crippen MR) is 325 cm³/mol. The zero-order valence-electron chi connectivity index (χ0n) is 42.9. The highest BCUT2D eigenvalue weighted by atomic mass is 31.2. The predicted octanol–water partition coefficient (Wildman–Crippen LogP) is 18.4. The maximum atomic E-state index is 5.91. The van der Waals surface area contributed by atoms with Crippen molar-refractivity contribution < 1.29 is 61.9 Å². The van der Waals surface area contributed by atoms with Gasteiger partial charge in [0.05, 0.1) is 45.1 Å². The molecule has 0 aliphatic carbocycles. The molecule has 0 bridgehead atoms. The molecule has 2 aliphatic rings. The summed E-state index contributed by atoms with van der Waals surface area (Å²) in [6.45, 7) is 22.8. The molecule has 0 saturated carbocycles. The van der Waals surface area contributed by atoms with Crippen LogP contribution in [0.1, 0.15) is 200 Å². The van der Waals surface area contributed by atoms with Crippen LogP contribution in [0.15, 0.2) is 12.1 Å². The number of unbranched alkanes of at least 4 members (excludes halogenated alkanes) is 15. The number of hydrogen-bond acceptors (Lipinski definition) is 8. The third kappa shape index (κ3) is 29.6. The fourth-order valence-electron chi connectivity index (χ4n) is 6.56. The monoisotopic (exact) mass is 1030 g/mol. The summed E-state index contributed by atoms with van der Waals surface area (Å²) in [6, 6.07) is 4.53. The van der Waals surface area contributed by atoms with Crippen LogP contribution in [-0.2, 0) is 42.5 Å². The second-order valence-corrected chi connectivity index (χ2v) is 21.7. The molecule has 0 amide bonds. The van der Waals surface area contributed by atoms with Gasteiger partial charge < -0.3 is 36.2 Å². The molecule has 0 N–H and O–H groups in total. The smallest absolute Gasteiger partial charge is 0.406 e. The van der Waals surface area contributed by atoms with Gasteiger partial charge in [-0.3, -0.25) is 0 Å². The maximum absolute atomic E-state index is 5.91. The van der Waals surface area contributed by atoms with Gasteiger partial charge in [-0.05, 0) is 89.6 Å². The summed E-state index contributed by atoms with van der Waals surface area (Å²) in [5.41, 5.74) is 3.63. The van der Waals surface area contributed by atoms with E-state index in [-0.39, 0.29) is 51.0 Å². The number of benzene rings is 1. The molecule has 11 heteroatoms. The first-order chi connectivity index (χ1) is 33.3. The van der Waals surface area contributed by atoms with Crippen LogP contribution in [0.2, 0.25) is 0 Å². The van der Waals surface area contributed by atoms with E-state index in [4.69, 9.17) is 42.6 Å². The first-order valence-corrected chi connectivity index (χ1v) is 27.4. The molecule has 1 atom stereocenters. The van der Waals surface area contributed by atoms with Crippen molar-refractivity contribution in [2.75, 3.05) is 39.6 Å². The van der Waals surface area contributed by atoms with Crippen molar-refractivity contribution in [3.05, 3.63) is 28.8 Å². The van der Waals surface area contributed by atoms with Gasteiger partial charge in [0, 0.05) is 78.6 Å². The minimum atomic E-state index is -1.59. The maximum Gasteiger partial charge on any atom is 0.406 e. The molecule has 3 rings (SSSR count). The van der Waals surface area contributed by atoms with Gasteiger partial charge in [-0.25, -0.2) is 0 Å². The lowest BCUT2D eigenvalue weighted by Gasteiger charge is -2.40. The number of hydrogen-bond donors (Lipinski definition) is 0. The van der Waals surface area contributed by atoms with Gasteiger partial charge in [0.15, 0.2) is 0 Å². The van der Waals surface area contributed by atoms with Crippen LogP contribution in [0, 0.1) is 120 Å². The second kappa shape index (κ2) is 37.7. The van der Waals surface area contributed by atoms with Crippen LogP contribution < -0.4 is 4.52 Å². The van der Waals surface area contributed by atoms with Gasteiger partial charge in [-0.1, -0.05) is 157 Å². The molecule has 69 heavy (non-hydrogen) atoms. The third-order valence-corrected chi connectivity index (χ3v) is 13.2. The molecule has 1 aromatic carbocycles. The Bertz CT molecular complexity index is 2290. The van der Waals surface area contributed by atoms with E-state index in [0.29, 0.717) is 39.6 Å². The van der Waals surface area contributed by atoms with Crippen LogP contribution >= 0.6 is 26.2 Å². The molecule has 0 radical (unpaired) electrons. The van der Waals surface area contributed by atoms with Crippen LogP contribution in [-0.4, -0.2) is 39.6 Å². The topological polar surface area (TPSA) is 73.8 Å². The minimum Gasteiger partial charge on any atom is -0.449 e. The molecule has 0 aromatic heterocycles. The summed E-state index contributed by atoms with van der Waals surface area (Å²) in [6.07, 6.45) is 29.0. The van der Waals surface area contributed by atoms with Crippen LogP contribution in [0.3, 0.4) is 0 Å². The van der Waals surface area contributed by atoms with E-state index in [1.807, 2.05) is 6.92 Å². The van der Waals surface area contributed by atoms with Gasteiger partial charge in [0.2, 0.25) is 9.03 Å². The Morgan fingerprint density at radius 3 is 1.42 bits per heavy atom. The number of aryl methyl sites for hydroxylation is 1. The SMILES string of the molecule is C#CC#CC#CC#CC#CC#CC#CC#CC#COP1OCC2(CO1)COP(OCCCCCCCCCCCCCCCCCC)OC2.CCOPOc1c(C)cc(C(C)(C)C)cc1C(C)(C)C.[HH].[HH].[HH].[HH].[HH].[HH].[HH].[HH].[HH].[HH].[HH].[HH].[HH].[HH].[HH].[HH].[HH].[HH]. The van der Waals surface area contributed by atoms with Crippen molar-refractivity contribution in [1.82, 2.24) is 0 Å². The molecule has 1 aromatic rings. The summed E-state index contributed by atoms with van der Waals surface area (Å²) in [4.78, 5) is 0. The summed E-state index contributed by atoms with van der Waals surface area (Å²) in [5.74, 6) is 40.7. The Kier molecular flexibility index (Phi) is 33.3. The van der Waals surface area contributed by atoms with E-state index >= 15 is 0 Å². The Balaban J connectivity index is -0.0000000753. The van der Waals surface area contributed by atoms with Gasteiger partial charge in [-0.15, -0.1) is 6.42 Å². The Hall–Kier alpha value is -4.09. The van der Waals surface area contributed by atoms with Gasteiger partial charge in [0.25, 0.3) is 0 Å². The molecule has 1 unspecified atom stereocenters. The fourth-order valence-corrected chi connectivity index (χ4v) is 9.41. The number of terminal acetylenes is 1. The lowest BCUT2D eigenvalue weighted by molar-refractivity contribution is -0.0728. The van der Waals surface area contributed by atoms with E-state index in [2.05, 4.69) is 168 Å². The molecule has 2 aliphatic heterocycles. The van der Waals surface area contributed by atoms with Crippen molar-refractivity contribution in [3.8, 4) is 113 Å². The van der Waals surface area contributed by atoms with Crippen LogP contribution in [0.5, 0.6) is 5.75 Å². The van der Waals surface area contributed by atoms with E-state index in [9.17, 15) is 0 Å². The molecule has 406 valence electrons.